The predicted molar refractivity (Wildman–Crippen MR) is 97.7 cm³/mol. The van der Waals surface area contributed by atoms with Gasteiger partial charge in [0.15, 0.2) is 0 Å². The lowest BCUT2D eigenvalue weighted by Gasteiger charge is -2.26. The quantitative estimate of drug-likeness (QED) is 0.859. The summed E-state index contributed by atoms with van der Waals surface area (Å²) in [6.07, 6.45) is 0.666. The molecule has 1 aliphatic heterocycles. The summed E-state index contributed by atoms with van der Waals surface area (Å²) < 4.78 is 21.4. The van der Waals surface area contributed by atoms with Gasteiger partial charge in [-0.05, 0) is 42.3 Å². The van der Waals surface area contributed by atoms with E-state index in [0.717, 1.165) is 17.1 Å². The molecule has 2 aromatic carbocycles. The Morgan fingerprint density at radius 1 is 1.04 bits per heavy atom. The van der Waals surface area contributed by atoms with E-state index in [0.29, 0.717) is 30.2 Å². The van der Waals surface area contributed by atoms with E-state index in [1.54, 1.807) is 32.4 Å². The number of ether oxygens (including phenoxy) is 4. The highest BCUT2D eigenvalue weighted by molar-refractivity contribution is 5.91. The molecule has 0 radical (unpaired) electrons. The van der Waals surface area contributed by atoms with Crippen molar-refractivity contribution in [2.45, 2.75) is 12.5 Å². The molecule has 1 heterocycles. The van der Waals surface area contributed by atoms with Crippen LogP contribution in [0.4, 0.5) is 10.5 Å². The maximum absolute atomic E-state index is 12.3. The fourth-order valence-electron chi connectivity index (χ4n) is 2.84. The number of hydrogen-bond acceptors (Lipinski definition) is 5. The van der Waals surface area contributed by atoms with Crippen LogP contribution in [0.3, 0.4) is 0 Å². The number of benzene rings is 2. The predicted octanol–water partition coefficient (Wildman–Crippen LogP) is 2.84. The summed E-state index contributed by atoms with van der Waals surface area (Å²) in [7, 11) is 4.73. The normalized spacial score (nSPS) is 15.3. The smallest absolute Gasteiger partial charge is 0.319 e. The van der Waals surface area contributed by atoms with Gasteiger partial charge in [-0.1, -0.05) is 0 Å². The molecule has 2 N–H and O–H groups in total. The molecule has 0 aromatic heterocycles. The van der Waals surface area contributed by atoms with Crippen LogP contribution in [0.25, 0.3) is 0 Å². The molecule has 2 aromatic rings. The SMILES string of the molecule is COc1ccc2c(c1)C[C@@H](NC(=O)Nc1ccc(OC)cc1OC)CO2. The van der Waals surface area contributed by atoms with E-state index in [1.807, 2.05) is 18.2 Å². The number of urea groups is 1. The molecular formula is C19H22N2O5. The molecule has 138 valence electrons. The number of methoxy groups -OCH3 is 3. The minimum absolute atomic E-state index is 0.140. The van der Waals surface area contributed by atoms with Crippen molar-refractivity contribution in [3.05, 3.63) is 42.0 Å². The Morgan fingerprint density at radius 2 is 1.77 bits per heavy atom. The number of amides is 2. The van der Waals surface area contributed by atoms with Crippen LogP contribution in [0.15, 0.2) is 36.4 Å². The molecule has 0 fully saturated rings. The molecule has 0 saturated carbocycles. The second-order valence-corrected chi connectivity index (χ2v) is 5.85. The number of rotatable bonds is 5. The Balaban J connectivity index is 1.64. The number of hydrogen-bond donors (Lipinski definition) is 2. The first kappa shape index (κ1) is 17.7. The molecule has 0 aliphatic carbocycles. The Labute approximate surface area is 152 Å². The van der Waals surface area contributed by atoms with Crippen molar-refractivity contribution < 1.29 is 23.7 Å². The van der Waals surface area contributed by atoms with Gasteiger partial charge in [-0.2, -0.15) is 0 Å². The highest BCUT2D eigenvalue weighted by Crippen LogP contribution is 2.30. The van der Waals surface area contributed by atoms with Crippen molar-refractivity contribution >= 4 is 11.7 Å². The first-order valence-electron chi connectivity index (χ1n) is 8.22. The van der Waals surface area contributed by atoms with Gasteiger partial charge >= 0.3 is 6.03 Å². The maximum Gasteiger partial charge on any atom is 0.319 e. The third kappa shape index (κ3) is 3.93. The minimum atomic E-state index is -0.326. The molecule has 0 saturated heterocycles. The van der Waals surface area contributed by atoms with E-state index in [2.05, 4.69) is 10.6 Å². The summed E-state index contributed by atoms with van der Waals surface area (Å²) in [4.78, 5) is 12.3. The number of carbonyl (C=O) groups is 1. The molecular weight excluding hydrogens is 336 g/mol. The Morgan fingerprint density at radius 3 is 2.50 bits per heavy atom. The molecule has 2 amide bonds. The molecule has 26 heavy (non-hydrogen) atoms. The highest BCUT2D eigenvalue weighted by Gasteiger charge is 2.22. The largest absolute Gasteiger partial charge is 0.497 e. The van der Waals surface area contributed by atoms with Gasteiger partial charge in [-0.15, -0.1) is 0 Å². The monoisotopic (exact) mass is 358 g/mol. The lowest BCUT2D eigenvalue weighted by Crippen LogP contribution is -2.44. The third-order valence-corrected chi connectivity index (χ3v) is 4.17. The Kier molecular flexibility index (Phi) is 5.36. The van der Waals surface area contributed by atoms with Crippen LogP contribution >= 0.6 is 0 Å². The van der Waals surface area contributed by atoms with Crippen LogP contribution in [0.1, 0.15) is 5.56 Å². The number of nitrogens with one attached hydrogen (secondary N) is 2. The summed E-state index contributed by atoms with van der Waals surface area (Å²) in [5, 5.41) is 5.72. The Bertz CT molecular complexity index is 793. The highest BCUT2D eigenvalue weighted by atomic mass is 16.5. The lowest BCUT2D eigenvalue weighted by molar-refractivity contribution is 0.222. The number of fused-ring (bicyclic) bond motifs is 1. The first-order valence-corrected chi connectivity index (χ1v) is 8.22. The molecule has 7 heteroatoms. The summed E-state index contributed by atoms with van der Waals surface area (Å²) in [5.41, 5.74) is 1.56. The fraction of sp³-hybridized carbons (Fsp3) is 0.316. The van der Waals surface area contributed by atoms with Gasteiger partial charge in [-0.25, -0.2) is 4.79 Å². The van der Waals surface area contributed by atoms with Gasteiger partial charge in [-0.3, -0.25) is 0 Å². The average Bonchev–Trinajstić information content (AvgIpc) is 2.67. The van der Waals surface area contributed by atoms with Crippen LogP contribution in [0.2, 0.25) is 0 Å². The van der Waals surface area contributed by atoms with Crippen molar-refractivity contribution in [1.29, 1.82) is 0 Å². The van der Waals surface area contributed by atoms with E-state index < -0.39 is 0 Å². The molecule has 3 rings (SSSR count). The van der Waals surface area contributed by atoms with Gasteiger partial charge in [0.25, 0.3) is 0 Å². The first-order chi connectivity index (χ1) is 12.6. The van der Waals surface area contributed by atoms with Gasteiger partial charge in [0, 0.05) is 6.07 Å². The van der Waals surface area contributed by atoms with E-state index in [1.165, 1.54) is 7.11 Å². The number of anilines is 1. The molecule has 0 unspecified atom stereocenters. The summed E-state index contributed by atoms with van der Waals surface area (Å²) in [6, 6.07) is 10.4. The fourth-order valence-corrected chi connectivity index (χ4v) is 2.84. The van der Waals surface area contributed by atoms with Crippen molar-refractivity contribution in [3.63, 3.8) is 0 Å². The summed E-state index contributed by atoms with van der Waals surface area (Å²) in [6.45, 7) is 0.409. The zero-order chi connectivity index (χ0) is 18.5. The molecule has 0 bridgehead atoms. The summed E-state index contributed by atoms with van der Waals surface area (Å²) >= 11 is 0. The second-order valence-electron chi connectivity index (χ2n) is 5.85. The van der Waals surface area contributed by atoms with E-state index >= 15 is 0 Å². The van der Waals surface area contributed by atoms with Crippen molar-refractivity contribution in [2.24, 2.45) is 0 Å². The maximum atomic E-state index is 12.3. The van der Waals surface area contributed by atoms with Gasteiger partial charge in [0.1, 0.15) is 29.6 Å². The van der Waals surface area contributed by atoms with Gasteiger partial charge < -0.3 is 29.6 Å². The standard InChI is InChI=1S/C19H22N2O5/c1-23-14-5-7-17-12(9-14)8-13(11-26-17)20-19(22)21-16-6-4-15(24-2)10-18(16)25-3/h4-7,9-10,13H,8,11H2,1-3H3,(H2,20,21,22)/t13-/m1/s1. The minimum Gasteiger partial charge on any atom is -0.497 e. The zero-order valence-corrected chi connectivity index (χ0v) is 15.0. The molecule has 0 spiro atoms. The van der Waals surface area contributed by atoms with E-state index in [4.69, 9.17) is 18.9 Å². The van der Waals surface area contributed by atoms with Gasteiger partial charge in [0.2, 0.25) is 0 Å². The number of carbonyl (C=O) groups excluding carboxylic acids is 1. The topological polar surface area (TPSA) is 78.1 Å². The third-order valence-electron chi connectivity index (χ3n) is 4.17. The zero-order valence-electron chi connectivity index (χ0n) is 15.0. The average molecular weight is 358 g/mol. The molecule has 1 atom stereocenters. The van der Waals surface area contributed by atoms with Crippen molar-refractivity contribution in [1.82, 2.24) is 5.32 Å². The van der Waals surface area contributed by atoms with E-state index in [-0.39, 0.29) is 12.1 Å². The van der Waals surface area contributed by atoms with Crippen molar-refractivity contribution in [3.8, 4) is 23.0 Å². The van der Waals surface area contributed by atoms with Crippen LogP contribution in [-0.4, -0.2) is 40.0 Å². The van der Waals surface area contributed by atoms with E-state index in [9.17, 15) is 4.79 Å². The van der Waals surface area contributed by atoms with Crippen LogP contribution in [0, 0.1) is 0 Å². The molecule has 1 aliphatic rings. The van der Waals surface area contributed by atoms with Crippen LogP contribution < -0.4 is 29.6 Å². The van der Waals surface area contributed by atoms with Crippen molar-refractivity contribution in [2.75, 3.05) is 33.3 Å². The van der Waals surface area contributed by atoms with Crippen LogP contribution in [0.5, 0.6) is 23.0 Å². The lowest BCUT2D eigenvalue weighted by atomic mass is 10.0. The molecule has 7 nitrogen and oxygen atoms in total. The second kappa shape index (κ2) is 7.86. The Hall–Kier alpha value is -3.09. The van der Waals surface area contributed by atoms with Gasteiger partial charge in [0.05, 0.1) is 33.1 Å². The van der Waals surface area contributed by atoms with Crippen LogP contribution in [-0.2, 0) is 6.42 Å². The summed E-state index contributed by atoms with van der Waals surface area (Å²) in [5.74, 6) is 2.76.